The Labute approximate surface area is 167 Å². The van der Waals surface area contributed by atoms with Crippen molar-refractivity contribution in [2.75, 3.05) is 11.9 Å². The fraction of sp³-hybridized carbons (Fsp3) is 0.421. The molecular formula is C19H25N7O3. The average Bonchev–Trinajstić information content (AvgIpc) is 2.67. The second-order valence-electron chi connectivity index (χ2n) is 7.15. The number of fused-ring (bicyclic) bond motifs is 1. The van der Waals surface area contributed by atoms with Crippen molar-refractivity contribution in [1.29, 1.82) is 0 Å². The van der Waals surface area contributed by atoms with E-state index in [0.717, 1.165) is 36.6 Å². The van der Waals surface area contributed by atoms with Crippen LogP contribution in [0.4, 0.5) is 5.82 Å². The summed E-state index contributed by atoms with van der Waals surface area (Å²) in [5.74, 6) is -1.35. The summed E-state index contributed by atoms with van der Waals surface area (Å²) in [7, 11) is 0. The van der Waals surface area contributed by atoms with E-state index in [2.05, 4.69) is 25.6 Å². The smallest absolute Gasteiger partial charge is 0.322 e. The minimum absolute atomic E-state index is 0.0422. The highest BCUT2D eigenvalue weighted by Gasteiger charge is 2.26. The van der Waals surface area contributed by atoms with Gasteiger partial charge in [-0.05, 0) is 31.9 Å². The maximum atomic E-state index is 12.3. The molecule has 1 amide bonds. The molecule has 10 heteroatoms. The Hall–Kier alpha value is -3.43. The Bertz CT molecular complexity index is 956. The highest BCUT2D eigenvalue weighted by Crippen LogP contribution is 2.28. The monoisotopic (exact) mass is 399 g/mol. The third-order valence-corrected chi connectivity index (χ3v) is 4.82. The quantitative estimate of drug-likeness (QED) is 0.350. The van der Waals surface area contributed by atoms with Crippen LogP contribution in [0.15, 0.2) is 23.2 Å². The van der Waals surface area contributed by atoms with Crippen LogP contribution in [0.3, 0.4) is 0 Å². The van der Waals surface area contributed by atoms with Crippen LogP contribution in [0.1, 0.15) is 41.9 Å². The van der Waals surface area contributed by atoms with Crippen molar-refractivity contribution in [3.63, 3.8) is 0 Å². The molecule has 0 bridgehead atoms. The summed E-state index contributed by atoms with van der Waals surface area (Å²) < 4.78 is 0. The highest BCUT2D eigenvalue weighted by molar-refractivity contribution is 5.97. The van der Waals surface area contributed by atoms with E-state index in [1.165, 1.54) is 0 Å². The van der Waals surface area contributed by atoms with Crippen molar-refractivity contribution in [2.24, 2.45) is 16.5 Å². The lowest BCUT2D eigenvalue weighted by Gasteiger charge is -2.30. The zero-order valence-corrected chi connectivity index (χ0v) is 16.2. The normalized spacial score (nSPS) is 18.8. The molecule has 1 aliphatic carbocycles. The summed E-state index contributed by atoms with van der Waals surface area (Å²) in [5.41, 5.74) is 12.8. The van der Waals surface area contributed by atoms with Gasteiger partial charge in [0, 0.05) is 5.39 Å². The van der Waals surface area contributed by atoms with Gasteiger partial charge in [0.25, 0.3) is 5.91 Å². The SMILES string of the molecule is Cc1ccc2nc(C(=O)NCC(=O)O)nc(N[C@H]3CCCC[C@H]3N=C(N)N)c2c1. The molecule has 10 nitrogen and oxygen atoms in total. The van der Waals surface area contributed by atoms with Gasteiger partial charge in [-0.2, -0.15) is 0 Å². The van der Waals surface area contributed by atoms with Crippen molar-refractivity contribution in [2.45, 2.75) is 44.7 Å². The first kappa shape index (κ1) is 20.3. The van der Waals surface area contributed by atoms with E-state index in [0.29, 0.717) is 11.3 Å². The zero-order valence-electron chi connectivity index (χ0n) is 16.2. The van der Waals surface area contributed by atoms with Gasteiger partial charge in [0.1, 0.15) is 12.4 Å². The number of anilines is 1. The number of rotatable bonds is 6. The van der Waals surface area contributed by atoms with Crippen LogP contribution in [0.5, 0.6) is 0 Å². The lowest BCUT2D eigenvalue weighted by molar-refractivity contribution is -0.135. The Balaban J connectivity index is 1.97. The van der Waals surface area contributed by atoms with Gasteiger partial charge >= 0.3 is 5.97 Å². The standard InChI is InChI=1S/C19H25N7O3/c1-10-6-7-12-11(8-10)16(26-17(23-12)18(29)22-9-15(27)28)24-13-4-2-3-5-14(13)25-19(20)21/h6-8,13-14H,2-5,9H2,1H3,(H,22,29)(H,27,28)(H4,20,21,25)(H,23,24,26)/t13-,14+/m0/s1. The summed E-state index contributed by atoms with van der Waals surface area (Å²) in [5, 5.41) is 15.3. The number of nitrogens with zero attached hydrogens (tertiary/aromatic N) is 3. The molecule has 0 saturated heterocycles. The Morgan fingerprint density at radius 1 is 1.24 bits per heavy atom. The molecule has 7 N–H and O–H groups in total. The Kier molecular flexibility index (Phi) is 6.10. The lowest BCUT2D eigenvalue weighted by atomic mass is 9.90. The fourth-order valence-corrected chi connectivity index (χ4v) is 3.49. The van der Waals surface area contributed by atoms with Crippen LogP contribution in [-0.2, 0) is 4.79 Å². The Morgan fingerprint density at radius 3 is 2.72 bits per heavy atom. The highest BCUT2D eigenvalue weighted by atomic mass is 16.4. The predicted octanol–water partition coefficient (Wildman–Crippen LogP) is 0.749. The number of nitrogens with two attached hydrogens (primary N) is 2. The minimum atomic E-state index is -1.14. The van der Waals surface area contributed by atoms with Gasteiger partial charge in [-0.15, -0.1) is 0 Å². The molecule has 0 aliphatic heterocycles. The molecule has 0 spiro atoms. The summed E-state index contributed by atoms with van der Waals surface area (Å²) in [6, 6.07) is 5.50. The first-order valence-corrected chi connectivity index (χ1v) is 9.47. The van der Waals surface area contributed by atoms with E-state index < -0.39 is 18.4 Å². The van der Waals surface area contributed by atoms with Crippen LogP contribution in [0.25, 0.3) is 10.9 Å². The van der Waals surface area contributed by atoms with Crippen LogP contribution < -0.4 is 22.1 Å². The molecule has 3 rings (SSSR count). The van der Waals surface area contributed by atoms with Gasteiger partial charge in [-0.1, -0.05) is 24.5 Å². The van der Waals surface area contributed by atoms with Gasteiger partial charge in [0.2, 0.25) is 5.82 Å². The number of carbonyl (C=O) groups is 2. The number of aromatic nitrogens is 2. The summed E-state index contributed by atoms with van der Waals surface area (Å²) in [4.78, 5) is 36.1. The molecule has 1 aliphatic rings. The number of aryl methyl sites for hydroxylation is 1. The molecule has 1 aromatic carbocycles. The topological polar surface area (TPSA) is 169 Å². The van der Waals surface area contributed by atoms with Gasteiger partial charge < -0.3 is 27.2 Å². The summed E-state index contributed by atoms with van der Waals surface area (Å²) in [6.45, 7) is 1.45. The number of carbonyl (C=O) groups excluding carboxylic acids is 1. The molecule has 2 aromatic rings. The molecule has 1 aromatic heterocycles. The maximum absolute atomic E-state index is 12.3. The van der Waals surface area contributed by atoms with Crippen molar-refractivity contribution >= 4 is 34.6 Å². The number of hydrogen-bond donors (Lipinski definition) is 5. The number of guanidine groups is 1. The van der Waals surface area contributed by atoms with Crippen LogP contribution in [0, 0.1) is 6.92 Å². The fourth-order valence-electron chi connectivity index (χ4n) is 3.49. The van der Waals surface area contributed by atoms with Crippen molar-refractivity contribution in [3.8, 4) is 0 Å². The molecule has 0 radical (unpaired) electrons. The van der Waals surface area contributed by atoms with Crippen molar-refractivity contribution < 1.29 is 14.7 Å². The summed E-state index contributed by atoms with van der Waals surface area (Å²) >= 11 is 0. The average molecular weight is 399 g/mol. The molecular weight excluding hydrogens is 374 g/mol. The maximum Gasteiger partial charge on any atom is 0.322 e. The van der Waals surface area contributed by atoms with Gasteiger partial charge in [-0.3, -0.25) is 9.59 Å². The number of hydrogen-bond acceptors (Lipinski definition) is 6. The van der Waals surface area contributed by atoms with Crippen molar-refractivity contribution in [3.05, 3.63) is 29.6 Å². The number of amides is 1. The second-order valence-corrected chi connectivity index (χ2v) is 7.15. The Morgan fingerprint density at radius 2 is 2.00 bits per heavy atom. The largest absolute Gasteiger partial charge is 0.480 e. The third-order valence-electron chi connectivity index (χ3n) is 4.82. The molecule has 154 valence electrons. The molecule has 29 heavy (non-hydrogen) atoms. The van der Waals surface area contributed by atoms with Crippen LogP contribution >= 0.6 is 0 Å². The first-order valence-electron chi connectivity index (χ1n) is 9.47. The number of aliphatic imine (C=N–C) groups is 1. The van der Waals surface area contributed by atoms with E-state index in [9.17, 15) is 9.59 Å². The molecule has 1 heterocycles. The van der Waals surface area contributed by atoms with E-state index in [1.807, 2.05) is 19.1 Å². The van der Waals surface area contributed by atoms with E-state index >= 15 is 0 Å². The predicted molar refractivity (Wildman–Crippen MR) is 110 cm³/mol. The number of carboxylic acid groups (broad SMARTS) is 1. The van der Waals surface area contributed by atoms with E-state index in [-0.39, 0.29) is 23.9 Å². The van der Waals surface area contributed by atoms with Gasteiger partial charge in [-0.25, -0.2) is 15.0 Å². The molecule has 1 saturated carbocycles. The number of nitrogens with one attached hydrogen (secondary N) is 2. The third kappa shape index (κ3) is 5.09. The van der Waals surface area contributed by atoms with Crippen molar-refractivity contribution in [1.82, 2.24) is 15.3 Å². The second kappa shape index (κ2) is 8.72. The number of carboxylic acids is 1. The zero-order chi connectivity index (χ0) is 21.0. The molecule has 1 fully saturated rings. The first-order chi connectivity index (χ1) is 13.8. The molecule has 2 atom stereocenters. The number of benzene rings is 1. The van der Waals surface area contributed by atoms with E-state index in [4.69, 9.17) is 16.6 Å². The van der Waals surface area contributed by atoms with Gasteiger partial charge in [0.05, 0.1) is 17.6 Å². The number of aliphatic carboxylic acids is 1. The summed E-state index contributed by atoms with van der Waals surface area (Å²) in [6.07, 6.45) is 3.77. The minimum Gasteiger partial charge on any atom is -0.480 e. The van der Waals surface area contributed by atoms with Crippen LogP contribution in [-0.4, -0.2) is 51.5 Å². The van der Waals surface area contributed by atoms with Gasteiger partial charge in [0.15, 0.2) is 5.96 Å². The lowest BCUT2D eigenvalue weighted by Crippen LogP contribution is -2.38. The molecule has 0 unspecified atom stereocenters. The van der Waals surface area contributed by atoms with Crippen LogP contribution in [0.2, 0.25) is 0 Å². The van der Waals surface area contributed by atoms with E-state index in [1.54, 1.807) is 6.07 Å².